The molecule has 0 saturated carbocycles. The molecule has 1 N–H and O–H groups in total. The van der Waals surface area contributed by atoms with Crippen LogP contribution in [0.4, 0.5) is 0 Å². The second kappa shape index (κ2) is 6.13. The Labute approximate surface area is 122 Å². The fourth-order valence-corrected chi connectivity index (χ4v) is 2.45. The first-order valence-corrected chi connectivity index (χ1v) is 6.78. The van der Waals surface area contributed by atoms with Gasteiger partial charge in [-0.2, -0.15) is 0 Å². The summed E-state index contributed by atoms with van der Waals surface area (Å²) in [5.74, 6) is -0.735. The van der Waals surface area contributed by atoms with Gasteiger partial charge in [-0.3, -0.25) is 4.79 Å². The lowest BCUT2D eigenvalue weighted by atomic mass is 10.2. The Morgan fingerprint density at radius 2 is 2.25 bits per heavy atom. The average Bonchev–Trinajstić information content (AvgIpc) is 2.89. The number of hydrogen-bond acceptors (Lipinski definition) is 3. The second-order valence-corrected chi connectivity index (χ2v) is 5.14. The minimum atomic E-state index is -0.963. The maximum atomic E-state index is 12.0. The van der Waals surface area contributed by atoms with Gasteiger partial charge in [-0.1, -0.05) is 17.7 Å². The molecule has 1 aromatic rings. The van der Waals surface area contributed by atoms with Gasteiger partial charge in [0.15, 0.2) is 6.61 Å². The van der Waals surface area contributed by atoms with Crippen molar-refractivity contribution < 1.29 is 19.4 Å². The van der Waals surface area contributed by atoms with E-state index in [9.17, 15) is 9.59 Å². The van der Waals surface area contributed by atoms with E-state index in [2.05, 4.69) is 0 Å². The van der Waals surface area contributed by atoms with Gasteiger partial charge in [-0.15, -0.1) is 0 Å². The summed E-state index contributed by atoms with van der Waals surface area (Å²) in [6.45, 7) is 2.09. The second-order valence-electron chi connectivity index (χ2n) is 4.74. The van der Waals surface area contributed by atoms with Gasteiger partial charge in [0.1, 0.15) is 11.8 Å². The highest BCUT2D eigenvalue weighted by Gasteiger charge is 2.33. The van der Waals surface area contributed by atoms with Gasteiger partial charge in [0.05, 0.1) is 0 Å². The van der Waals surface area contributed by atoms with Crippen LogP contribution in [0.15, 0.2) is 18.2 Å². The monoisotopic (exact) mass is 297 g/mol. The minimum absolute atomic E-state index is 0.176. The van der Waals surface area contributed by atoms with Crippen LogP contribution >= 0.6 is 11.6 Å². The van der Waals surface area contributed by atoms with E-state index in [-0.39, 0.29) is 12.5 Å². The van der Waals surface area contributed by atoms with Crippen LogP contribution in [0.3, 0.4) is 0 Å². The van der Waals surface area contributed by atoms with E-state index in [0.29, 0.717) is 30.2 Å². The molecule has 6 heteroatoms. The molecule has 2 rings (SSSR count). The van der Waals surface area contributed by atoms with E-state index < -0.39 is 12.0 Å². The van der Waals surface area contributed by atoms with E-state index in [0.717, 1.165) is 5.56 Å². The number of hydrogen-bond donors (Lipinski definition) is 1. The van der Waals surface area contributed by atoms with Gasteiger partial charge in [0.25, 0.3) is 5.91 Å². The number of rotatable bonds is 4. The van der Waals surface area contributed by atoms with Crippen molar-refractivity contribution in [3.05, 3.63) is 28.8 Å². The lowest BCUT2D eigenvalue weighted by Gasteiger charge is -2.21. The predicted molar refractivity (Wildman–Crippen MR) is 74.1 cm³/mol. The van der Waals surface area contributed by atoms with Crippen LogP contribution in [0.2, 0.25) is 5.02 Å². The molecule has 0 bridgehead atoms. The summed E-state index contributed by atoms with van der Waals surface area (Å²) in [5, 5.41) is 9.62. The summed E-state index contributed by atoms with van der Waals surface area (Å²) in [6.07, 6.45) is 1.20. The summed E-state index contributed by atoms with van der Waals surface area (Å²) in [5.41, 5.74) is 0.762. The molecule has 1 fully saturated rings. The molecule has 0 aliphatic carbocycles. The Morgan fingerprint density at radius 3 is 2.95 bits per heavy atom. The third-order valence-corrected chi connectivity index (χ3v) is 3.84. The number of nitrogens with zero attached hydrogens (tertiary/aromatic N) is 1. The topological polar surface area (TPSA) is 66.8 Å². The van der Waals surface area contributed by atoms with Crippen LogP contribution in [0.1, 0.15) is 18.4 Å². The van der Waals surface area contributed by atoms with Crippen molar-refractivity contribution in [1.29, 1.82) is 0 Å². The molecule has 108 valence electrons. The van der Waals surface area contributed by atoms with Gasteiger partial charge in [0.2, 0.25) is 0 Å². The number of ether oxygens (including phenoxy) is 1. The van der Waals surface area contributed by atoms with E-state index in [1.165, 1.54) is 4.90 Å². The number of aliphatic carboxylic acids is 1. The molecule has 20 heavy (non-hydrogen) atoms. The molecule has 1 aliphatic rings. The molecule has 1 atom stereocenters. The van der Waals surface area contributed by atoms with E-state index in [1.807, 2.05) is 0 Å². The molecule has 1 aliphatic heterocycles. The SMILES string of the molecule is Cc1c(Cl)cccc1OCC(=O)N1CCC[C@@H]1C(=O)O. The average molecular weight is 298 g/mol. The fraction of sp³-hybridized carbons (Fsp3) is 0.429. The van der Waals surface area contributed by atoms with Crippen LogP contribution in [-0.4, -0.2) is 41.1 Å². The van der Waals surface area contributed by atoms with Crippen LogP contribution < -0.4 is 4.74 Å². The van der Waals surface area contributed by atoms with Crippen LogP contribution in [0, 0.1) is 6.92 Å². The summed E-state index contributed by atoms with van der Waals surface area (Å²) >= 11 is 5.97. The van der Waals surface area contributed by atoms with Gasteiger partial charge in [-0.25, -0.2) is 4.79 Å². The number of halogens is 1. The number of carbonyl (C=O) groups is 2. The Bertz CT molecular complexity index is 532. The molecule has 1 saturated heterocycles. The molecule has 0 radical (unpaired) electrons. The van der Waals surface area contributed by atoms with Gasteiger partial charge in [0, 0.05) is 17.1 Å². The number of amides is 1. The molecular formula is C14H16ClNO4. The first-order chi connectivity index (χ1) is 9.50. The third kappa shape index (κ3) is 3.04. The Kier molecular flexibility index (Phi) is 4.49. The third-order valence-electron chi connectivity index (χ3n) is 3.43. The lowest BCUT2D eigenvalue weighted by molar-refractivity contribution is -0.148. The maximum Gasteiger partial charge on any atom is 0.326 e. The lowest BCUT2D eigenvalue weighted by Crippen LogP contribution is -2.42. The zero-order valence-electron chi connectivity index (χ0n) is 11.1. The van der Waals surface area contributed by atoms with Crippen LogP contribution in [-0.2, 0) is 9.59 Å². The molecule has 0 unspecified atom stereocenters. The zero-order chi connectivity index (χ0) is 14.7. The number of carbonyl (C=O) groups excluding carboxylic acids is 1. The number of carboxylic acid groups (broad SMARTS) is 1. The molecule has 0 spiro atoms. The quantitative estimate of drug-likeness (QED) is 0.924. The summed E-state index contributed by atoms with van der Waals surface area (Å²) in [4.78, 5) is 24.4. The van der Waals surface area contributed by atoms with Gasteiger partial charge < -0.3 is 14.7 Å². The van der Waals surface area contributed by atoms with Crippen molar-refractivity contribution in [2.45, 2.75) is 25.8 Å². The molecule has 1 aromatic carbocycles. The Balaban J connectivity index is 1.98. The van der Waals surface area contributed by atoms with Crippen molar-refractivity contribution >= 4 is 23.5 Å². The van der Waals surface area contributed by atoms with Crippen molar-refractivity contribution in [3.63, 3.8) is 0 Å². The van der Waals surface area contributed by atoms with Crippen LogP contribution in [0.5, 0.6) is 5.75 Å². The standard InChI is InChI=1S/C14H16ClNO4/c1-9-10(15)4-2-6-12(9)20-8-13(17)16-7-3-5-11(16)14(18)19/h2,4,6,11H,3,5,7-8H2,1H3,(H,18,19)/t11-/m1/s1. The molecule has 1 amide bonds. The minimum Gasteiger partial charge on any atom is -0.483 e. The van der Waals surface area contributed by atoms with Gasteiger partial charge >= 0.3 is 5.97 Å². The molecule has 1 heterocycles. The molecule has 5 nitrogen and oxygen atoms in total. The Hall–Kier alpha value is -1.75. The Morgan fingerprint density at radius 1 is 1.50 bits per heavy atom. The summed E-state index contributed by atoms with van der Waals surface area (Å²) in [7, 11) is 0. The van der Waals surface area contributed by atoms with Gasteiger partial charge in [-0.05, 0) is 31.9 Å². The van der Waals surface area contributed by atoms with E-state index in [4.69, 9.17) is 21.4 Å². The highest BCUT2D eigenvalue weighted by Crippen LogP contribution is 2.25. The van der Waals surface area contributed by atoms with E-state index in [1.54, 1.807) is 25.1 Å². The van der Waals surface area contributed by atoms with E-state index >= 15 is 0 Å². The number of benzene rings is 1. The first-order valence-electron chi connectivity index (χ1n) is 6.41. The first kappa shape index (κ1) is 14.7. The van der Waals surface area contributed by atoms with Crippen molar-refractivity contribution in [2.75, 3.05) is 13.2 Å². The zero-order valence-corrected chi connectivity index (χ0v) is 11.9. The predicted octanol–water partition coefficient (Wildman–Crippen LogP) is 2.10. The van der Waals surface area contributed by atoms with Crippen molar-refractivity contribution in [3.8, 4) is 5.75 Å². The number of likely N-dealkylation sites (tertiary alicyclic amines) is 1. The fourth-order valence-electron chi connectivity index (χ4n) is 2.29. The normalized spacial score (nSPS) is 18.1. The summed E-state index contributed by atoms with van der Waals surface area (Å²) < 4.78 is 5.45. The molecular weight excluding hydrogens is 282 g/mol. The highest BCUT2D eigenvalue weighted by molar-refractivity contribution is 6.31. The van der Waals surface area contributed by atoms with Crippen LogP contribution in [0.25, 0.3) is 0 Å². The largest absolute Gasteiger partial charge is 0.483 e. The highest BCUT2D eigenvalue weighted by atomic mass is 35.5. The van der Waals surface area contributed by atoms with Crippen molar-refractivity contribution in [2.24, 2.45) is 0 Å². The van der Waals surface area contributed by atoms with Crippen molar-refractivity contribution in [1.82, 2.24) is 4.90 Å². The smallest absolute Gasteiger partial charge is 0.326 e. The number of carboxylic acids is 1. The maximum absolute atomic E-state index is 12.0. The molecule has 0 aromatic heterocycles. The summed E-state index contributed by atoms with van der Waals surface area (Å²) in [6, 6.07) is 4.48.